The van der Waals surface area contributed by atoms with Gasteiger partial charge in [-0.3, -0.25) is 4.79 Å². The molecule has 21 heavy (non-hydrogen) atoms. The summed E-state index contributed by atoms with van der Waals surface area (Å²) in [6.07, 6.45) is 0.248. The van der Waals surface area contributed by atoms with Crippen LogP contribution in [0.1, 0.15) is 17.0 Å². The van der Waals surface area contributed by atoms with Gasteiger partial charge in [0.15, 0.2) is 5.82 Å². The van der Waals surface area contributed by atoms with E-state index in [1.54, 1.807) is 13.0 Å². The summed E-state index contributed by atoms with van der Waals surface area (Å²) < 4.78 is 4.92. The molecule has 0 bridgehead atoms. The minimum absolute atomic E-state index is 0.146. The Balaban J connectivity index is 1.85. The lowest BCUT2D eigenvalue weighted by Gasteiger charge is -2.02. The van der Waals surface area contributed by atoms with E-state index in [1.807, 2.05) is 25.1 Å². The van der Waals surface area contributed by atoms with Crippen LogP contribution < -0.4 is 5.32 Å². The van der Waals surface area contributed by atoms with Crippen LogP contribution in [0.4, 0.5) is 5.82 Å². The van der Waals surface area contributed by atoms with Crippen molar-refractivity contribution in [3.8, 4) is 0 Å². The first-order chi connectivity index (χ1) is 10.0. The number of hydrogen-bond acceptors (Lipinski definition) is 3. The molecule has 3 aromatic rings. The summed E-state index contributed by atoms with van der Waals surface area (Å²) in [6.45, 7) is 3.71. The molecule has 6 heteroatoms. The van der Waals surface area contributed by atoms with Gasteiger partial charge in [0.25, 0.3) is 0 Å². The molecule has 0 aliphatic rings. The van der Waals surface area contributed by atoms with E-state index < -0.39 is 0 Å². The van der Waals surface area contributed by atoms with Crippen LogP contribution in [-0.4, -0.2) is 16.0 Å². The average molecular weight is 304 g/mol. The van der Waals surface area contributed by atoms with E-state index in [0.717, 1.165) is 22.2 Å². The van der Waals surface area contributed by atoms with Crippen molar-refractivity contribution in [2.24, 2.45) is 0 Å². The monoisotopic (exact) mass is 303 g/mol. The second kappa shape index (κ2) is 5.26. The van der Waals surface area contributed by atoms with Gasteiger partial charge in [-0.2, -0.15) is 0 Å². The van der Waals surface area contributed by atoms with Crippen LogP contribution in [0.2, 0.25) is 5.02 Å². The van der Waals surface area contributed by atoms with Crippen molar-refractivity contribution in [2.45, 2.75) is 20.3 Å². The number of rotatable bonds is 3. The van der Waals surface area contributed by atoms with E-state index in [0.29, 0.717) is 16.6 Å². The van der Waals surface area contributed by atoms with Crippen molar-refractivity contribution in [2.75, 3.05) is 5.32 Å². The van der Waals surface area contributed by atoms with Crippen LogP contribution in [-0.2, 0) is 11.2 Å². The number of carbonyl (C=O) groups excluding carboxylic acids is 1. The molecule has 1 amide bonds. The predicted octanol–water partition coefficient (Wildman–Crippen LogP) is 3.61. The van der Waals surface area contributed by atoms with Crippen molar-refractivity contribution >= 4 is 34.2 Å². The van der Waals surface area contributed by atoms with E-state index in [-0.39, 0.29) is 12.3 Å². The molecule has 0 aliphatic carbocycles. The van der Waals surface area contributed by atoms with Gasteiger partial charge in [-0.05, 0) is 37.6 Å². The van der Waals surface area contributed by atoms with Crippen LogP contribution >= 0.6 is 11.6 Å². The first-order valence-electron chi connectivity index (χ1n) is 6.53. The Hall–Kier alpha value is -2.27. The van der Waals surface area contributed by atoms with Gasteiger partial charge in [-0.1, -0.05) is 16.8 Å². The fraction of sp³-hybridized carbons (Fsp3) is 0.200. The molecule has 108 valence electrons. The highest BCUT2D eigenvalue weighted by Gasteiger charge is 2.14. The van der Waals surface area contributed by atoms with Gasteiger partial charge >= 0.3 is 0 Å². The molecule has 2 aromatic heterocycles. The summed E-state index contributed by atoms with van der Waals surface area (Å²) >= 11 is 6.03. The van der Waals surface area contributed by atoms with E-state index in [9.17, 15) is 4.79 Å². The molecule has 0 radical (unpaired) electrons. The lowest BCUT2D eigenvalue weighted by Crippen LogP contribution is -2.14. The van der Waals surface area contributed by atoms with E-state index >= 15 is 0 Å². The van der Waals surface area contributed by atoms with Crippen LogP contribution in [0.15, 0.2) is 28.8 Å². The minimum atomic E-state index is -0.146. The van der Waals surface area contributed by atoms with Crippen molar-refractivity contribution in [3.63, 3.8) is 0 Å². The summed E-state index contributed by atoms with van der Waals surface area (Å²) in [5.74, 6) is 0.931. The zero-order chi connectivity index (χ0) is 15.0. The number of aromatic amines is 1. The van der Waals surface area contributed by atoms with E-state index in [4.69, 9.17) is 16.1 Å². The van der Waals surface area contributed by atoms with Crippen LogP contribution in [0.3, 0.4) is 0 Å². The number of halogens is 1. The molecule has 0 saturated heterocycles. The second-order valence-electron chi connectivity index (χ2n) is 4.97. The lowest BCUT2D eigenvalue weighted by molar-refractivity contribution is -0.115. The molecule has 3 rings (SSSR count). The number of carbonyl (C=O) groups is 1. The highest BCUT2D eigenvalue weighted by Crippen LogP contribution is 2.26. The SMILES string of the molecule is Cc1cc(NC(=O)Cc2c(C)[nH]c3ccc(Cl)cc23)no1. The molecule has 0 saturated carbocycles. The van der Waals surface area contributed by atoms with Gasteiger partial charge in [0, 0.05) is 27.7 Å². The van der Waals surface area contributed by atoms with Crippen molar-refractivity contribution in [1.29, 1.82) is 0 Å². The number of aryl methyl sites for hydroxylation is 2. The summed E-state index contributed by atoms with van der Waals surface area (Å²) in [5, 5.41) is 8.08. The number of H-pyrrole nitrogens is 1. The quantitative estimate of drug-likeness (QED) is 0.776. The number of benzene rings is 1. The fourth-order valence-corrected chi connectivity index (χ4v) is 2.53. The third kappa shape index (κ3) is 2.78. The first kappa shape index (κ1) is 13.7. The third-order valence-electron chi connectivity index (χ3n) is 3.31. The third-order valence-corrected chi connectivity index (χ3v) is 3.55. The summed E-state index contributed by atoms with van der Waals surface area (Å²) in [7, 11) is 0. The normalized spacial score (nSPS) is 11.0. The largest absolute Gasteiger partial charge is 0.360 e. The molecule has 0 atom stereocenters. The number of aromatic nitrogens is 2. The highest BCUT2D eigenvalue weighted by atomic mass is 35.5. The molecule has 0 fully saturated rings. The summed E-state index contributed by atoms with van der Waals surface area (Å²) in [6, 6.07) is 7.27. The van der Waals surface area contributed by atoms with Crippen LogP contribution in [0.5, 0.6) is 0 Å². The number of anilines is 1. The Kier molecular flexibility index (Phi) is 3.43. The average Bonchev–Trinajstić information content (AvgIpc) is 2.95. The van der Waals surface area contributed by atoms with Gasteiger partial charge in [0.2, 0.25) is 5.91 Å². The maximum absolute atomic E-state index is 12.1. The van der Waals surface area contributed by atoms with Crippen LogP contribution in [0, 0.1) is 13.8 Å². The second-order valence-corrected chi connectivity index (χ2v) is 5.40. The number of nitrogens with zero attached hydrogens (tertiary/aromatic N) is 1. The Morgan fingerprint density at radius 3 is 2.90 bits per heavy atom. The maximum Gasteiger partial charge on any atom is 0.230 e. The molecule has 2 heterocycles. The molecular weight excluding hydrogens is 290 g/mol. The lowest BCUT2D eigenvalue weighted by atomic mass is 10.1. The Morgan fingerprint density at radius 1 is 1.38 bits per heavy atom. The number of amides is 1. The fourth-order valence-electron chi connectivity index (χ4n) is 2.36. The van der Waals surface area contributed by atoms with Gasteiger partial charge in [-0.25, -0.2) is 0 Å². The molecule has 0 unspecified atom stereocenters. The Morgan fingerprint density at radius 2 is 2.19 bits per heavy atom. The molecular formula is C15H14ClN3O2. The zero-order valence-corrected chi connectivity index (χ0v) is 12.4. The number of hydrogen-bond donors (Lipinski definition) is 2. The van der Waals surface area contributed by atoms with Gasteiger partial charge < -0.3 is 14.8 Å². The van der Waals surface area contributed by atoms with Crippen LogP contribution in [0.25, 0.3) is 10.9 Å². The summed E-state index contributed by atoms with van der Waals surface area (Å²) in [4.78, 5) is 15.4. The van der Waals surface area contributed by atoms with Gasteiger partial charge in [0.05, 0.1) is 6.42 Å². The smallest absolute Gasteiger partial charge is 0.230 e. The minimum Gasteiger partial charge on any atom is -0.360 e. The molecule has 2 N–H and O–H groups in total. The Bertz CT molecular complexity index is 820. The molecule has 0 spiro atoms. The Labute approximate surface area is 126 Å². The first-order valence-corrected chi connectivity index (χ1v) is 6.90. The molecule has 1 aromatic carbocycles. The number of fused-ring (bicyclic) bond motifs is 1. The molecule has 5 nitrogen and oxygen atoms in total. The van der Waals surface area contributed by atoms with E-state index in [2.05, 4.69) is 15.5 Å². The maximum atomic E-state index is 12.1. The number of nitrogens with one attached hydrogen (secondary N) is 2. The zero-order valence-electron chi connectivity index (χ0n) is 11.7. The predicted molar refractivity (Wildman–Crippen MR) is 81.6 cm³/mol. The van der Waals surface area contributed by atoms with Crippen molar-refractivity contribution in [1.82, 2.24) is 10.1 Å². The van der Waals surface area contributed by atoms with E-state index in [1.165, 1.54) is 0 Å². The topological polar surface area (TPSA) is 70.9 Å². The van der Waals surface area contributed by atoms with Crippen molar-refractivity contribution < 1.29 is 9.32 Å². The van der Waals surface area contributed by atoms with Gasteiger partial charge in [-0.15, -0.1) is 0 Å². The molecule has 0 aliphatic heterocycles. The van der Waals surface area contributed by atoms with Crippen molar-refractivity contribution in [3.05, 3.63) is 46.3 Å². The van der Waals surface area contributed by atoms with Gasteiger partial charge in [0.1, 0.15) is 5.76 Å². The standard InChI is InChI=1S/C15H14ClN3O2/c1-8-5-14(19-21-8)18-15(20)7-11-9(2)17-13-4-3-10(16)6-12(11)13/h3-6,17H,7H2,1-2H3,(H,18,19,20). The summed E-state index contributed by atoms with van der Waals surface area (Å²) in [5.41, 5.74) is 2.86. The highest BCUT2D eigenvalue weighted by molar-refractivity contribution is 6.31.